The zero-order valence-electron chi connectivity index (χ0n) is 29.2. The lowest BCUT2D eigenvalue weighted by molar-refractivity contribution is -0.156. The van der Waals surface area contributed by atoms with E-state index in [1.54, 1.807) is 4.90 Å². The molecule has 0 aromatic carbocycles. The highest BCUT2D eigenvalue weighted by Crippen LogP contribution is 2.66. The lowest BCUT2D eigenvalue weighted by Gasteiger charge is -2.62. The number of piperazine rings is 1. The molecular weight excluding hydrogens is 592 g/mol. The van der Waals surface area contributed by atoms with E-state index in [1.165, 1.54) is 44.9 Å². The van der Waals surface area contributed by atoms with Crippen LogP contribution in [0.25, 0.3) is 0 Å². The van der Waals surface area contributed by atoms with Gasteiger partial charge in [-0.15, -0.1) is 0 Å². The van der Waals surface area contributed by atoms with Crippen molar-refractivity contribution in [3.63, 3.8) is 0 Å². The number of carbonyl (C=O) groups excluding carboxylic acids is 3. The van der Waals surface area contributed by atoms with E-state index in [1.807, 2.05) is 4.90 Å². The van der Waals surface area contributed by atoms with Gasteiger partial charge in [0.2, 0.25) is 17.7 Å². The van der Waals surface area contributed by atoms with Crippen molar-refractivity contribution in [2.24, 2.45) is 40.4 Å². The van der Waals surface area contributed by atoms with Crippen molar-refractivity contribution in [1.82, 2.24) is 20.0 Å². The Labute approximate surface area is 282 Å². The van der Waals surface area contributed by atoms with Crippen molar-refractivity contribution in [1.29, 1.82) is 0 Å². The zero-order chi connectivity index (χ0) is 32.9. The van der Waals surface area contributed by atoms with Crippen LogP contribution in [0.3, 0.4) is 0 Å². The minimum atomic E-state index is -0.454. The Kier molecular flexibility index (Phi) is 9.73. The third-order valence-corrected chi connectivity index (χ3v) is 15.2. The molecule has 47 heavy (non-hydrogen) atoms. The summed E-state index contributed by atoms with van der Waals surface area (Å²) in [5.74, 6) is 2.86. The van der Waals surface area contributed by atoms with Crippen molar-refractivity contribution in [3.8, 4) is 0 Å². The largest absolute Gasteiger partial charge is 0.393 e. The molecule has 3 amide bonds. The fraction of sp³-hybridized carbons (Fsp3) is 0.921. The smallest absolute Gasteiger partial charge is 0.243 e. The van der Waals surface area contributed by atoms with Crippen LogP contribution < -0.4 is 5.32 Å². The average molecular weight is 655 g/mol. The van der Waals surface area contributed by atoms with Crippen LogP contribution in [0.5, 0.6) is 0 Å². The van der Waals surface area contributed by atoms with E-state index in [4.69, 9.17) is 0 Å². The van der Waals surface area contributed by atoms with Crippen LogP contribution in [0.15, 0.2) is 0 Å². The summed E-state index contributed by atoms with van der Waals surface area (Å²) in [5.41, 5.74) is 0.299. The molecular formula is C38H62N4O5. The second-order valence-corrected chi connectivity index (χ2v) is 17.5. The maximum absolute atomic E-state index is 13.2. The molecule has 9 nitrogen and oxygen atoms in total. The number of hydrogen-bond acceptors (Lipinski definition) is 6. The summed E-state index contributed by atoms with van der Waals surface area (Å²) in [6.07, 6.45) is 16.3. The number of aliphatic hydroxyl groups is 2. The van der Waals surface area contributed by atoms with Gasteiger partial charge < -0.3 is 25.3 Å². The van der Waals surface area contributed by atoms with Gasteiger partial charge in [0.15, 0.2) is 0 Å². The minimum absolute atomic E-state index is 0.0242. The molecule has 10 atom stereocenters. The molecule has 0 bridgehead atoms. The summed E-state index contributed by atoms with van der Waals surface area (Å²) in [6, 6.07) is -0.335. The number of nitrogens with zero attached hydrogens (tertiary/aromatic N) is 3. The van der Waals surface area contributed by atoms with E-state index in [9.17, 15) is 24.6 Å². The van der Waals surface area contributed by atoms with E-state index < -0.39 is 6.04 Å². The van der Waals surface area contributed by atoms with Gasteiger partial charge in [0, 0.05) is 45.2 Å². The standard InChI is InChI=1S/C38H62N4O5/c1-37-15-14-29-27(28(37)12-13-33(37)44)11-10-26-22-32(43)31(23-38(26,29)2)40-17-19-41(20-18-40)35(46)24-39-36(47)30-9-6-16-42(30)34(45)21-25-7-4-3-5-8-25/h25-33,43-44H,3-24H2,1-2H3,(H,39,47)/t26-,27-,28-,29-,30-,31-,32-,33-,37-,38-/m0/s1. The molecule has 0 spiro atoms. The molecule has 9 heteroatoms. The third kappa shape index (κ3) is 6.28. The summed E-state index contributed by atoms with van der Waals surface area (Å²) in [4.78, 5) is 45.5. The van der Waals surface area contributed by atoms with Gasteiger partial charge in [-0.2, -0.15) is 0 Å². The summed E-state index contributed by atoms with van der Waals surface area (Å²) in [5, 5.41) is 25.2. The van der Waals surface area contributed by atoms with Gasteiger partial charge in [0.1, 0.15) is 6.04 Å². The van der Waals surface area contributed by atoms with Crippen LogP contribution in [0, 0.1) is 40.4 Å². The van der Waals surface area contributed by atoms with Gasteiger partial charge in [0.05, 0.1) is 18.8 Å². The van der Waals surface area contributed by atoms with E-state index in [0.29, 0.717) is 62.1 Å². The van der Waals surface area contributed by atoms with Crippen LogP contribution in [0.2, 0.25) is 0 Å². The van der Waals surface area contributed by atoms with Crippen LogP contribution >= 0.6 is 0 Å². The van der Waals surface area contributed by atoms with Crippen LogP contribution in [-0.2, 0) is 14.4 Å². The number of hydrogen-bond donors (Lipinski definition) is 3. The summed E-state index contributed by atoms with van der Waals surface area (Å²) < 4.78 is 0. The third-order valence-electron chi connectivity index (χ3n) is 15.2. The number of carbonyl (C=O) groups is 3. The molecule has 2 aliphatic heterocycles. The van der Waals surface area contributed by atoms with E-state index in [-0.39, 0.29) is 53.3 Å². The van der Waals surface area contributed by atoms with E-state index in [2.05, 4.69) is 24.1 Å². The van der Waals surface area contributed by atoms with Crippen molar-refractivity contribution in [2.75, 3.05) is 39.3 Å². The normalized spacial score (nSPS) is 42.8. The van der Waals surface area contributed by atoms with Gasteiger partial charge in [-0.25, -0.2) is 0 Å². The first-order chi connectivity index (χ1) is 22.6. The molecule has 264 valence electrons. The predicted molar refractivity (Wildman–Crippen MR) is 180 cm³/mol. The van der Waals surface area contributed by atoms with Crippen molar-refractivity contribution >= 4 is 17.7 Å². The molecule has 0 aromatic heterocycles. The molecule has 2 heterocycles. The second kappa shape index (κ2) is 13.5. The van der Waals surface area contributed by atoms with Crippen LogP contribution in [-0.4, -0.2) is 106 Å². The Hall–Kier alpha value is -1.71. The Morgan fingerprint density at radius 3 is 2.28 bits per heavy atom. The van der Waals surface area contributed by atoms with Crippen molar-refractivity contribution in [2.45, 2.75) is 141 Å². The van der Waals surface area contributed by atoms with Crippen LogP contribution in [0.1, 0.15) is 117 Å². The Morgan fingerprint density at radius 1 is 0.766 bits per heavy atom. The minimum Gasteiger partial charge on any atom is -0.393 e. The summed E-state index contributed by atoms with van der Waals surface area (Å²) >= 11 is 0. The van der Waals surface area contributed by atoms with Crippen molar-refractivity contribution < 1.29 is 24.6 Å². The highest BCUT2D eigenvalue weighted by molar-refractivity contribution is 5.91. The Morgan fingerprint density at radius 2 is 1.51 bits per heavy atom. The summed E-state index contributed by atoms with van der Waals surface area (Å²) in [7, 11) is 0. The SMILES string of the molecule is C[C@]12C[C@H](N3CCN(C(=O)CNC(=O)[C@@H]4CCCN4C(=O)CC4CCCCC4)CC3)[C@@H](O)C[C@@H]1CC[C@@H]1[C@@H]2CC[C@]2(C)[C@@H](O)CC[C@@H]12. The first-order valence-electron chi connectivity index (χ1n) is 19.5. The maximum atomic E-state index is 13.2. The molecule has 7 fully saturated rings. The lowest BCUT2D eigenvalue weighted by atomic mass is 9.44. The first-order valence-corrected chi connectivity index (χ1v) is 19.5. The predicted octanol–water partition coefficient (Wildman–Crippen LogP) is 3.95. The second-order valence-electron chi connectivity index (χ2n) is 17.5. The van der Waals surface area contributed by atoms with Crippen molar-refractivity contribution in [3.05, 3.63) is 0 Å². The summed E-state index contributed by atoms with van der Waals surface area (Å²) in [6.45, 7) is 8.20. The number of aliphatic hydroxyl groups excluding tert-OH is 2. The Bertz CT molecular complexity index is 1170. The number of amides is 3. The Balaban J connectivity index is 0.900. The maximum Gasteiger partial charge on any atom is 0.243 e. The first kappa shape index (κ1) is 33.8. The fourth-order valence-corrected chi connectivity index (χ4v) is 12.4. The van der Waals surface area contributed by atoms with Gasteiger partial charge in [-0.1, -0.05) is 33.1 Å². The van der Waals surface area contributed by atoms with E-state index in [0.717, 1.165) is 58.0 Å². The molecule has 7 rings (SSSR count). The van der Waals surface area contributed by atoms with Gasteiger partial charge in [-0.05, 0) is 117 Å². The molecule has 5 aliphatic carbocycles. The van der Waals surface area contributed by atoms with Gasteiger partial charge in [0.25, 0.3) is 0 Å². The number of likely N-dealkylation sites (tertiary alicyclic amines) is 1. The molecule has 3 N–H and O–H groups in total. The molecule has 0 radical (unpaired) electrons. The van der Waals surface area contributed by atoms with Crippen LogP contribution in [0.4, 0.5) is 0 Å². The number of nitrogens with one attached hydrogen (secondary N) is 1. The molecule has 7 aliphatic rings. The average Bonchev–Trinajstić information content (AvgIpc) is 3.69. The topological polar surface area (TPSA) is 113 Å². The van der Waals surface area contributed by atoms with Gasteiger partial charge in [-0.3, -0.25) is 19.3 Å². The van der Waals surface area contributed by atoms with E-state index >= 15 is 0 Å². The molecule has 0 aromatic rings. The number of fused-ring (bicyclic) bond motifs is 5. The molecule has 0 unspecified atom stereocenters. The molecule has 2 saturated heterocycles. The quantitative estimate of drug-likeness (QED) is 0.400. The van der Waals surface area contributed by atoms with Gasteiger partial charge >= 0.3 is 0 Å². The lowest BCUT2D eigenvalue weighted by Crippen LogP contribution is -2.62. The monoisotopic (exact) mass is 654 g/mol. The zero-order valence-corrected chi connectivity index (χ0v) is 29.2. The fourth-order valence-electron chi connectivity index (χ4n) is 12.4. The number of rotatable bonds is 6. The highest BCUT2D eigenvalue weighted by Gasteiger charge is 2.61. The highest BCUT2D eigenvalue weighted by atomic mass is 16.3. The molecule has 5 saturated carbocycles.